The molecule has 0 aromatic heterocycles. The molecule has 0 spiro atoms. The molecule has 2 heteroatoms. The van der Waals surface area contributed by atoms with Crippen molar-refractivity contribution in [2.45, 2.75) is 52.5 Å². The van der Waals surface area contributed by atoms with Gasteiger partial charge in [-0.05, 0) is 55.5 Å². The van der Waals surface area contributed by atoms with Crippen LogP contribution in [0.25, 0.3) is 0 Å². The van der Waals surface area contributed by atoms with Crippen molar-refractivity contribution >= 4 is 0 Å². The maximum Gasteiger partial charge on any atom is 0.0233 e. The molecule has 1 unspecified atom stereocenters. The molecule has 2 nitrogen and oxygen atoms in total. The Labute approximate surface area is 137 Å². The molecule has 1 aromatic carbocycles. The van der Waals surface area contributed by atoms with Crippen molar-refractivity contribution in [3.63, 3.8) is 0 Å². The van der Waals surface area contributed by atoms with E-state index in [0.29, 0.717) is 0 Å². The van der Waals surface area contributed by atoms with Crippen molar-refractivity contribution < 1.29 is 0 Å². The van der Waals surface area contributed by atoms with Crippen LogP contribution in [-0.2, 0) is 6.54 Å². The molecule has 0 radical (unpaired) electrons. The van der Waals surface area contributed by atoms with Crippen molar-refractivity contribution in [3.05, 3.63) is 35.9 Å². The van der Waals surface area contributed by atoms with Gasteiger partial charge in [0.1, 0.15) is 0 Å². The summed E-state index contributed by atoms with van der Waals surface area (Å²) in [5, 5.41) is 0. The minimum Gasteiger partial charge on any atom is -0.330 e. The monoisotopic (exact) mass is 302 g/mol. The first kappa shape index (κ1) is 17.5. The molecule has 0 bridgehead atoms. The van der Waals surface area contributed by atoms with E-state index in [1.54, 1.807) is 0 Å². The first-order valence-corrected chi connectivity index (χ1v) is 9.17. The molecule has 1 atom stereocenters. The molecule has 1 aliphatic rings. The summed E-state index contributed by atoms with van der Waals surface area (Å²) in [7, 11) is 0. The zero-order valence-corrected chi connectivity index (χ0v) is 14.5. The molecule has 124 valence electrons. The van der Waals surface area contributed by atoms with Crippen molar-refractivity contribution in [1.29, 1.82) is 0 Å². The average molecular weight is 303 g/mol. The predicted molar refractivity (Wildman–Crippen MR) is 95.7 cm³/mol. The van der Waals surface area contributed by atoms with Crippen LogP contribution in [0.3, 0.4) is 0 Å². The third kappa shape index (κ3) is 5.73. The summed E-state index contributed by atoms with van der Waals surface area (Å²) < 4.78 is 0. The topological polar surface area (TPSA) is 29.3 Å². The van der Waals surface area contributed by atoms with E-state index in [2.05, 4.69) is 49.1 Å². The van der Waals surface area contributed by atoms with Crippen molar-refractivity contribution in [2.75, 3.05) is 19.6 Å². The van der Waals surface area contributed by atoms with Crippen molar-refractivity contribution in [1.82, 2.24) is 4.90 Å². The van der Waals surface area contributed by atoms with E-state index in [1.165, 1.54) is 50.8 Å². The third-order valence-corrected chi connectivity index (χ3v) is 5.33. The summed E-state index contributed by atoms with van der Waals surface area (Å²) in [4.78, 5) is 2.69. The van der Waals surface area contributed by atoms with Gasteiger partial charge in [0.15, 0.2) is 0 Å². The minimum absolute atomic E-state index is 0.782. The number of rotatable bonds is 8. The van der Waals surface area contributed by atoms with Gasteiger partial charge in [0, 0.05) is 19.6 Å². The second-order valence-electron chi connectivity index (χ2n) is 7.32. The van der Waals surface area contributed by atoms with Gasteiger partial charge in [0.25, 0.3) is 0 Å². The molecule has 1 aliphatic carbocycles. The molecular weight excluding hydrogens is 268 g/mol. The molecule has 1 aromatic rings. The zero-order chi connectivity index (χ0) is 15.8. The highest BCUT2D eigenvalue weighted by Crippen LogP contribution is 2.29. The second kappa shape index (κ2) is 9.32. The summed E-state index contributed by atoms with van der Waals surface area (Å²) >= 11 is 0. The molecule has 2 N–H and O–H groups in total. The molecule has 0 aliphatic heterocycles. The van der Waals surface area contributed by atoms with Crippen LogP contribution < -0.4 is 5.73 Å². The third-order valence-electron chi connectivity index (χ3n) is 5.33. The van der Waals surface area contributed by atoms with Crippen LogP contribution in [0, 0.1) is 17.8 Å². The highest BCUT2D eigenvalue weighted by Gasteiger charge is 2.22. The maximum atomic E-state index is 5.83. The lowest BCUT2D eigenvalue weighted by Crippen LogP contribution is -2.35. The molecule has 22 heavy (non-hydrogen) atoms. The Bertz CT molecular complexity index is 395. The smallest absolute Gasteiger partial charge is 0.0233 e. The largest absolute Gasteiger partial charge is 0.330 e. The fourth-order valence-electron chi connectivity index (χ4n) is 3.63. The van der Waals surface area contributed by atoms with Crippen LogP contribution >= 0.6 is 0 Å². The highest BCUT2D eigenvalue weighted by molar-refractivity contribution is 5.14. The van der Waals surface area contributed by atoms with Crippen LogP contribution in [0.4, 0.5) is 0 Å². The molecule has 2 rings (SSSR count). The van der Waals surface area contributed by atoms with E-state index < -0.39 is 0 Å². The highest BCUT2D eigenvalue weighted by atomic mass is 15.1. The Morgan fingerprint density at radius 2 is 1.73 bits per heavy atom. The van der Waals surface area contributed by atoms with Gasteiger partial charge in [-0.3, -0.25) is 4.90 Å². The fourth-order valence-corrected chi connectivity index (χ4v) is 3.63. The summed E-state index contributed by atoms with van der Waals surface area (Å²) in [6.45, 7) is 9.15. The number of nitrogens with two attached hydrogens (primary N) is 1. The Morgan fingerprint density at radius 3 is 2.32 bits per heavy atom. The van der Waals surface area contributed by atoms with Crippen LogP contribution in [0.2, 0.25) is 0 Å². The number of benzene rings is 1. The lowest BCUT2D eigenvalue weighted by atomic mass is 9.81. The summed E-state index contributed by atoms with van der Waals surface area (Å²) in [5.41, 5.74) is 7.27. The predicted octanol–water partition coefficient (Wildman–Crippen LogP) is 4.30. The van der Waals surface area contributed by atoms with Gasteiger partial charge in [-0.2, -0.15) is 0 Å². The van der Waals surface area contributed by atoms with Gasteiger partial charge < -0.3 is 5.73 Å². The fraction of sp³-hybridized carbons (Fsp3) is 0.700. The average Bonchev–Trinajstić information content (AvgIpc) is 2.56. The Kier molecular flexibility index (Phi) is 7.41. The van der Waals surface area contributed by atoms with Gasteiger partial charge >= 0.3 is 0 Å². The normalized spacial score (nSPS) is 23.6. The second-order valence-corrected chi connectivity index (χ2v) is 7.32. The van der Waals surface area contributed by atoms with Crippen LogP contribution in [0.5, 0.6) is 0 Å². The van der Waals surface area contributed by atoms with Gasteiger partial charge in [0.05, 0.1) is 0 Å². The quantitative estimate of drug-likeness (QED) is 0.776. The Balaban J connectivity index is 1.90. The summed E-state index contributed by atoms with van der Waals surface area (Å²) in [6.07, 6.45) is 6.68. The molecular formula is C20H34N2. The van der Waals surface area contributed by atoms with Crippen LogP contribution in [0.1, 0.15) is 51.5 Å². The van der Waals surface area contributed by atoms with Gasteiger partial charge in [-0.15, -0.1) is 0 Å². The van der Waals surface area contributed by atoms with Gasteiger partial charge in [0.2, 0.25) is 0 Å². The molecule has 1 fully saturated rings. The van der Waals surface area contributed by atoms with Crippen molar-refractivity contribution in [3.8, 4) is 0 Å². The van der Waals surface area contributed by atoms with Gasteiger partial charge in [-0.1, -0.05) is 50.6 Å². The van der Waals surface area contributed by atoms with Crippen molar-refractivity contribution in [2.24, 2.45) is 23.5 Å². The molecule has 1 saturated carbocycles. The number of hydrogen-bond donors (Lipinski definition) is 1. The van der Waals surface area contributed by atoms with E-state index >= 15 is 0 Å². The molecule has 0 amide bonds. The van der Waals surface area contributed by atoms with Gasteiger partial charge in [-0.25, -0.2) is 0 Å². The first-order valence-electron chi connectivity index (χ1n) is 9.17. The van der Waals surface area contributed by atoms with E-state index in [-0.39, 0.29) is 0 Å². The first-order chi connectivity index (χ1) is 10.7. The zero-order valence-electron chi connectivity index (χ0n) is 14.5. The maximum absolute atomic E-state index is 5.83. The number of hydrogen-bond acceptors (Lipinski definition) is 2. The van der Waals surface area contributed by atoms with E-state index in [0.717, 1.165) is 30.8 Å². The standard InChI is InChI=1S/C20H34N2/c1-3-17(2)14-22(15-19-7-5-4-6-8-19)16-20-11-9-18(13-21)10-12-20/h4-8,17-18,20H,3,9-16,21H2,1-2H3. The van der Waals surface area contributed by atoms with Crippen LogP contribution in [-0.4, -0.2) is 24.5 Å². The molecule has 0 heterocycles. The summed E-state index contributed by atoms with van der Waals surface area (Å²) in [5.74, 6) is 2.44. The number of nitrogens with zero attached hydrogens (tertiary/aromatic N) is 1. The molecule has 0 saturated heterocycles. The van der Waals surface area contributed by atoms with E-state index in [9.17, 15) is 0 Å². The lowest BCUT2D eigenvalue weighted by molar-refractivity contribution is 0.158. The minimum atomic E-state index is 0.782. The SMILES string of the molecule is CCC(C)CN(Cc1ccccc1)CC1CCC(CN)CC1. The van der Waals surface area contributed by atoms with E-state index in [4.69, 9.17) is 5.73 Å². The Morgan fingerprint density at radius 1 is 1.09 bits per heavy atom. The summed E-state index contributed by atoms with van der Waals surface area (Å²) in [6, 6.07) is 10.9. The van der Waals surface area contributed by atoms with E-state index in [1.807, 2.05) is 0 Å². The Hall–Kier alpha value is -0.860. The lowest BCUT2D eigenvalue weighted by Gasteiger charge is -2.33. The van der Waals surface area contributed by atoms with Crippen LogP contribution in [0.15, 0.2) is 30.3 Å².